The lowest BCUT2D eigenvalue weighted by Gasteiger charge is -2.00. The molecule has 0 spiro atoms. The molecule has 0 radical (unpaired) electrons. The molecule has 0 N–H and O–H groups in total. The van der Waals surface area contributed by atoms with E-state index in [1.807, 2.05) is 0 Å². The third-order valence-electron chi connectivity index (χ3n) is 2.07. The fourth-order valence-electron chi connectivity index (χ4n) is 1.27. The summed E-state index contributed by atoms with van der Waals surface area (Å²) in [6.07, 6.45) is 0. The zero-order valence-corrected chi connectivity index (χ0v) is 11.3. The van der Waals surface area contributed by atoms with Crippen LogP contribution in [0.5, 0.6) is 0 Å². The minimum Gasteiger partial charge on any atom is -0.288 e. The van der Waals surface area contributed by atoms with Crippen LogP contribution in [0.25, 0.3) is 0 Å². The number of thiophene rings is 1. The minimum atomic E-state index is -1.14. The Morgan fingerprint density at radius 3 is 2.65 bits per heavy atom. The van der Waals surface area contributed by atoms with Gasteiger partial charge >= 0.3 is 0 Å². The zero-order chi connectivity index (χ0) is 12.6. The van der Waals surface area contributed by atoms with E-state index in [-0.39, 0.29) is 10.4 Å². The van der Waals surface area contributed by atoms with Crippen molar-refractivity contribution in [1.82, 2.24) is 0 Å². The summed E-state index contributed by atoms with van der Waals surface area (Å²) in [5.41, 5.74) is -0.296. The van der Waals surface area contributed by atoms with Crippen molar-refractivity contribution in [3.05, 3.63) is 55.1 Å². The smallest absolute Gasteiger partial charge is 0.206 e. The standard InChI is InChI=1S/C11H4BrClF2OS/c12-11-6(13)4-8(17-11)10(16)5-2-1-3-7(14)9(5)15/h1-4H. The van der Waals surface area contributed by atoms with Gasteiger partial charge in [0.05, 0.1) is 19.2 Å². The summed E-state index contributed by atoms with van der Waals surface area (Å²) in [7, 11) is 0. The van der Waals surface area contributed by atoms with Crippen LogP contribution in [0, 0.1) is 11.6 Å². The number of halogens is 4. The zero-order valence-electron chi connectivity index (χ0n) is 8.14. The molecule has 0 atom stereocenters. The van der Waals surface area contributed by atoms with E-state index in [9.17, 15) is 13.6 Å². The second-order valence-electron chi connectivity index (χ2n) is 3.16. The van der Waals surface area contributed by atoms with Gasteiger partial charge in [-0.2, -0.15) is 0 Å². The first kappa shape index (κ1) is 12.7. The van der Waals surface area contributed by atoms with Gasteiger partial charge in [-0.05, 0) is 34.1 Å². The topological polar surface area (TPSA) is 17.1 Å². The minimum absolute atomic E-state index is 0.256. The van der Waals surface area contributed by atoms with Crippen LogP contribution in [0.3, 0.4) is 0 Å². The van der Waals surface area contributed by atoms with E-state index >= 15 is 0 Å². The van der Waals surface area contributed by atoms with Gasteiger partial charge in [-0.1, -0.05) is 17.7 Å². The normalized spacial score (nSPS) is 10.6. The second kappa shape index (κ2) is 4.84. The summed E-state index contributed by atoms with van der Waals surface area (Å²) in [4.78, 5) is 12.2. The SMILES string of the molecule is O=C(c1cc(Cl)c(Br)s1)c1cccc(F)c1F. The summed E-state index contributed by atoms with van der Waals surface area (Å²) >= 11 is 10.0. The van der Waals surface area contributed by atoms with Crippen LogP contribution >= 0.6 is 38.9 Å². The summed E-state index contributed by atoms with van der Waals surface area (Å²) in [5, 5.41) is 0.371. The maximum atomic E-state index is 13.4. The van der Waals surface area contributed by atoms with Crippen molar-refractivity contribution in [2.75, 3.05) is 0 Å². The molecule has 2 rings (SSSR count). The maximum absolute atomic E-state index is 13.4. The molecule has 0 aliphatic heterocycles. The van der Waals surface area contributed by atoms with Gasteiger partial charge in [0.2, 0.25) is 5.78 Å². The Bertz CT molecular complexity index is 578. The van der Waals surface area contributed by atoms with Crippen LogP contribution in [0.4, 0.5) is 8.78 Å². The molecular formula is C11H4BrClF2OS. The van der Waals surface area contributed by atoms with E-state index in [2.05, 4.69) is 15.9 Å². The molecule has 0 aliphatic carbocycles. The number of carbonyl (C=O) groups excluding carboxylic acids is 1. The predicted octanol–water partition coefficient (Wildman–Crippen LogP) is 4.67. The lowest BCUT2D eigenvalue weighted by Crippen LogP contribution is -2.03. The van der Waals surface area contributed by atoms with Gasteiger partial charge in [-0.3, -0.25) is 4.79 Å². The van der Waals surface area contributed by atoms with Gasteiger partial charge in [0.15, 0.2) is 11.6 Å². The van der Waals surface area contributed by atoms with E-state index in [0.29, 0.717) is 8.81 Å². The summed E-state index contributed by atoms with van der Waals surface area (Å²) in [5.74, 6) is -2.77. The molecule has 0 aliphatic rings. The highest BCUT2D eigenvalue weighted by molar-refractivity contribution is 9.11. The van der Waals surface area contributed by atoms with Gasteiger partial charge in [0.1, 0.15) is 0 Å². The first-order valence-electron chi connectivity index (χ1n) is 4.44. The highest BCUT2D eigenvalue weighted by atomic mass is 79.9. The molecule has 2 aromatic rings. The molecule has 88 valence electrons. The van der Waals surface area contributed by atoms with Crippen molar-refractivity contribution in [2.24, 2.45) is 0 Å². The Morgan fingerprint density at radius 2 is 2.06 bits per heavy atom. The number of rotatable bonds is 2. The molecule has 1 heterocycles. The summed E-state index contributed by atoms with van der Waals surface area (Å²) in [6.45, 7) is 0. The molecule has 1 nitrogen and oxygen atoms in total. The van der Waals surface area contributed by atoms with Crippen LogP contribution in [0.2, 0.25) is 5.02 Å². The number of hydrogen-bond acceptors (Lipinski definition) is 2. The van der Waals surface area contributed by atoms with Crippen molar-refractivity contribution >= 4 is 44.7 Å². The average molecular weight is 338 g/mol. The second-order valence-corrected chi connectivity index (χ2v) is 5.94. The summed E-state index contributed by atoms with van der Waals surface area (Å²) < 4.78 is 27.0. The van der Waals surface area contributed by atoms with E-state index in [1.165, 1.54) is 18.2 Å². The third kappa shape index (κ3) is 2.41. The van der Waals surface area contributed by atoms with Crippen molar-refractivity contribution < 1.29 is 13.6 Å². The van der Waals surface area contributed by atoms with Crippen LogP contribution in [0.15, 0.2) is 28.1 Å². The van der Waals surface area contributed by atoms with Crippen molar-refractivity contribution in [2.45, 2.75) is 0 Å². The molecule has 1 aromatic carbocycles. The number of hydrogen-bond donors (Lipinski definition) is 0. The Kier molecular flexibility index (Phi) is 3.61. The highest BCUT2D eigenvalue weighted by Crippen LogP contribution is 2.33. The highest BCUT2D eigenvalue weighted by Gasteiger charge is 2.19. The maximum Gasteiger partial charge on any atom is 0.206 e. The van der Waals surface area contributed by atoms with Gasteiger partial charge in [-0.25, -0.2) is 8.78 Å². The lowest BCUT2D eigenvalue weighted by atomic mass is 10.1. The number of ketones is 1. The first-order chi connectivity index (χ1) is 8.00. The molecule has 0 fully saturated rings. The van der Waals surface area contributed by atoms with E-state index in [1.54, 1.807) is 0 Å². The predicted molar refractivity (Wildman–Crippen MR) is 66.8 cm³/mol. The van der Waals surface area contributed by atoms with Crippen LogP contribution in [0.1, 0.15) is 15.2 Å². The molecule has 0 unspecified atom stereocenters. The third-order valence-corrected chi connectivity index (χ3v) is 4.54. The number of benzene rings is 1. The molecular weight excluding hydrogens is 334 g/mol. The average Bonchev–Trinajstić information content (AvgIpc) is 2.62. The largest absolute Gasteiger partial charge is 0.288 e. The van der Waals surface area contributed by atoms with Gasteiger partial charge in [-0.15, -0.1) is 11.3 Å². The van der Waals surface area contributed by atoms with E-state index < -0.39 is 17.4 Å². The quantitative estimate of drug-likeness (QED) is 0.728. The molecule has 6 heteroatoms. The van der Waals surface area contributed by atoms with Crippen LogP contribution in [-0.4, -0.2) is 5.78 Å². The lowest BCUT2D eigenvalue weighted by molar-refractivity contribution is 0.103. The van der Waals surface area contributed by atoms with Crippen molar-refractivity contribution in [3.8, 4) is 0 Å². The van der Waals surface area contributed by atoms with E-state index in [4.69, 9.17) is 11.6 Å². The van der Waals surface area contributed by atoms with E-state index in [0.717, 1.165) is 17.4 Å². The van der Waals surface area contributed by atoms with Gasteiger partial charge in [0.25, 0.3) is 0 Å². The van der Waals surface area contributed by atoms with Crippen LogP contribution in [-0.2, 0) is 0 Å². The van der Waals surface area contributed by atoms with Crippen molar-refractivity contribution in [1.29, 1.82) is 0 Å². The fraction of sp³-hybridized carbons (Fsp3) is 0. The first-order valence-corrected chi connectivity index (χ1v) is 6.43. The summed E-state index contributed by atoms with van der Waals surface area (Å²) in [6, 6.07) is 4.91. The molecule has 0 saturated carbocycles. The molecule has 0 saturated heterocycles. The molecule has 1 aromatic heterocycles. The molecule has 17 heavy (non-hydrogen) atoms. The van der Waals surface area contributed by atoms with Crippen LogP contribution < -0.4 is 0 Å². The Hall–Kier alpha value is -0.780. The van der Waals surface area contributed by atoms with Crippen molar-refractivity contribution in [3.63, 3.8) is 0 Å². The Labute approximate surface area is 113 Å². The molecule has 0 amide bonds. The molecule has 0 bridgehead atoms. The Balaban J connectivity index is 2.47. The number of carbonyl (C=O) groups is 1. The Morgan fingerprint density at radius 1 is 1.35 bits per heavy atom. The van der Waals surface area contributed by atoms with Gasteiger partial charge in [0, 0.05) is 0 Å². The monoisotopic (exact) mass is 336 g/mol. The fourth-order valence-corrected chi connectivity index (χ4v) is 2.93. The van der Waals surface area contributed by atoms with Gasteiger partial charge < -0.3 is 0 Å².